The molecule has 1 unspecified atom stereocenters. The van der Waals surface area contributed by atoms with E-state index in [2.05, 4.69) is 20.3 Å². The van der Waals surface area contributed by atoms with Crippen LogP contribution in [0, 0.1) is 6.92 Å². The number of rotatable bonds is 5. The van der Waals surface area contributed by atoms with Gasteiger partial charge in [0.2, 0.25) is 0 Å². The summed E-state index contributed by atoms with van der Waals surface area (Å²) in [7, 11) is 0. The Bertz CT molecular complexity index is 1270. The van der Waals surface area contributed by atoms with Crippen LogP contribution >= 0.6 is 11.6 Å². The molecule has 8 heteroatoms. The molecule has 0 aliphatic carbocycles. The number of H-pyrrole nitrogens is 1. The minimum absolute atomic E-state index is 0.312. The van der Waals surface area contributed by atoms with Crippen molar-refractivity contribution in [3.63, 3.8) is 0 Å². The SMILES string of the molecule is Cc1ccc(NC(=O)C(C)OC(=O)c2ccc3nc(-c4cccnc4)[nH]c3c2)cc1Cl. The summed E-state index contributed by atoms with van der Waals surface area (Å²) in [6.45, 7) is 3.38. The first-order chi connectivity index (χ1) is 14.9. The molecular formula is C23H19ClN4O3. The van der Waals surface area contributed by atoms with Gasteiger partial charge in [-0.05, 0) is 61.9 Å². The maximum absolute atomic E-state index is 12.6. The molecule has 1 atom stereocenters. The van der Waals surface area contributed by atoms with Crippen LogP contribution in [0.2, 0.25) is 5.02 Å². The van der Waals surface area contributed by atoms with Crippen molar-refractivity contribution >= 4 is 40.2 Å². The summed E-state index contributed by atoms with van der Waals surface area (Å²) < 4.78 is 5.34. The second-order valence-corrected chi connectivity index (χ2v) is 7.47. The van der Waals surface area contributed by atoms with Crippen LogP contribution in [0.15, 0.2) is 60.9 Å². The number of halogens is 1. The molecule has 0 radical (unpaired) electrons. The van der Waals surface area contributed by atoms with Crippen LogP contribution in [0.1, 0.15) is 22.8 Å². The minimum atomic E-state index is -0.990. The monoisotopic (exact) mass is 434 g/mol. The number of aromatic amines is 1. The Labute approximate surface area is 183 Å². The Morgan fingerprint density at radius 1 is 1.16 bits per heavy atom. The van der Waals surface area contributed by atoms with Gasteiger partial charge in [0.05, 0.1) is 16.6 Å². The number of hydrogen-bond acceptors (Lipinski definition) is 5. The van der Waals surface area contributed by atoms with Crippen molar-refractivity contribution in [3.05, 3.63) is 77.1 Å². The fourth-order valence-corrected chi connectivity index (χ4v) is 3.15. The van der Waals surface area contributed by atoms with Gasteiger partial charge in [0, 0.05) is 28.7 Å². The van der Waals surface area contributed by atoms with Gasteiger partial charge in [-0.25, -0.2) is 9.78 Å². The van der Waals surface area contributed by atoms with E-state index in [0.29, 0.717) is 33.1 Å². The summed E-state index contributed by atoms with van der Waals surface area (Å²) in [4.78, 5) is 36.7. The standard InChI is InChI=1S/C23H19ClN4O3/c1-13-5-7-17(11-18(13)24)26-22(29)14(2)31-23(30)15-6-8-19-20(10-15)28-21(27-19)16-4-3-9-25-12-16/h3-12,14H,1-2H3,(H,26,29)(H,27,28). The Balaban J connectivity index is 1.45. The average molecular weight is 435 g/mol. The number of carbonyl (C=O) groups is 2. The number of amides is 1. The van der Waals surface area contributed by atoms with E-state index in [0.717, 1.165) is 11.1 Å². The van der Waals surface area contributed by atoms with Gasteiger partial charge in [-0.15, -0.1) is 0 Å². The van der Waals surface area contributed by atoms with E-state index in [1.165, 1.54) is 6.92 Å². The number of anilines is 1. The number of hydrogen-bond donors (Lipinski definition) is 2. The zero-order chi connectivity index (χ0) is 22.0. The van der Waals surface area contributed by atoms with Gasteiger partial charge in [-0.3, -0.25) is 9.78 Å². The third kappa shape index (κ3) is 4.57. The van der Waals surface area contributed by atoms with E-state index in [1.807, 2.05) is 19.1 Å². The third-order valence-electron chi connectivity index (χ3n) is 4.74. The molecule has 0 saturated heterocycles. The number of fused-ring (bicyclic) bond motifs is 1. The summed E-state index contributed by atoms with van der Waals surface area (Å²) in [6.07, 6.45) is 2.40. The van der Waals surface area contributed by atoms with E-state index in [4.69, 9.17) is 16.3 Å². The molecule has 0 fully saturated rings. The molecule has 0 aliphatic rings. The van der Waals surface area contributed by atoms with Crippen LogP contribution in [-0.2, 0) is 9.53 Å². The number of aromatic nitrogens is 3. The van der Waals surface area contributed by atoms with Gasteiger partial charge in [0.25, 0.3) is 5.91 Å². The number of nitrogens with zero attached hydrogens (tertiary/aromatic N) is 2. The molecule has 31 heavy (non-hydrogen) atoms. The van der Waals surface area contributed by atoms with Gasteiger partial charge in [0.1, 0.15) is 5.82 Å². The van der Waals surface area contributed by atoms with Crippen molar-refractivity contribution in [2.24, 2.45) is 0 Å². The van der Waals surface area contributed by atoms with E-state index >= 15 is 0 Å². The molecule has 1 amide bonds. The van der Waals surface area contributed by atoms with E-state index in [9.17, 15) is 9.59 Å². The molecule has 2 aromatic carbocycles. The number of esters is 1. The Morgan fingerprint density at radius 2 is 2.00 bits per heavy atom. The van der Waals surface area contributed by atoms with Gasteiger partial charge in [-0.2, -0.15) is 0 Å². The number of pyridine rings is 1. The Kier molecular flexibility index (Phi) is 5.68. The van der Waals surface area contributed by atoms with Gasteiger partial charge in [0.15, 0.2) is 6.10 Å². The lowest BCUT2D eigenvalue weighted by Gasteiger charge is -2.14. The molecule has 0 aliphatic heterocycles. The van der Waals surface area contributed by atoms with Crippen LogP contribution in [0.3, 0.4) is 0 Å². The Morgan fingerprint density at radius 3 is 2.74 bits per heavy atom. The molecule has 2 aromatic heterocycles. The topological polar surface area (TPSA) is 97.0 Å². The highest BCUT2D eigenvalue weighted by Crippen LogP contribution is 2.22. The first-order valence-electron chi connectivity index (χ1n) is 9.59. The summed E-state index contributed by atoms with van der Waals surface area (Å²) in [5.41, 5.74) is 3.97. The van der Waals surface area contributed by atoms with Crippen molar-refractivity contribution in [1.82, 2.24) is 15.0 Å². The fraction of sp³-hybridized carbons (Fsp3) is 0.130. The number of carbonyl (C=O) groups excluding carboxylic acids is 2. The summed E-state index contributed by atoms with van der Waals surface area (Å²) >= 11 is 6.08. The van der Waals surface area contributed by atoms with Crippen LogP contribution in [-0.4, -0.2) is 32.9 Å². The van der Waals surface area contributed by atoms with Gasteiger partial charge >= 0.3 is 5.97 Å². The molecule has 7 nitrogen and oxygen atoms in total. The summed E-state index contributed by atoms with van der Waals surface area (Å²) in [5.74, 6) is -0.406. The second kappa shape index (κ2) is 8.57. The number of ether oxygens (including phenoxy) is 1. The smallest absolute Gasteiger partial charge is 0.338 e. The average Bonchev–Trinajstić information content (AvgIpc) is 3.20. The molecule has 0 saturated carbocycles. The predicted molar refractivity (Wildman–Crippen MR) is 119 cm³/mol. The maximum Gasteiger partial charge on any atom is 0.338 e. The van der Waals surface area contributed by atoms with Crippen molar-refractivity contribution in [2.45, 2.75) is 20.0 Å². The molecule has 0 bridgehead atoms. The van der Waals surface area contributed by atoms with Gasteiger partial charge < -0.3 is 15.0 Å². The summed E-state index contributed by atoms with van der Waals surface area (Å²) in [6, 6.07) is 13.9. The minimum Gasteiger partial charge on any atom is -0.449 e. The number of aryl methyl sites for hydroxylation is 1. The first-order valence-corrected chi connectivity index (χ1v) is 9.96. The van der Waals surface area contributed by atoms with Crippen LogP contribution < -0.4 is 5.32 Å². The molecule has 2 heterocycles. The zero-order valence-corrected chi connectivity index (χ0v) is 17.6. The number of imidazole rings is 1. The molecular weight excluding hydrogens is 416 g/mol. The zero-order valence-electron chi connectivity index (χ0n) is 16.8. The quantitative estimate of drug-likeness (QED) is 0.441. The normalized spacial score (nSPS) is 11.8. The third-order valence-corrected chi connectivity index (χ3v) is 5.15. The van der Waals surface area contributed by atoms with Gasteiger partial charge in [-0.1, -0.05) is 17.7 Å². The lowest BCUT2D eigenvalue weighted by atomic mass is 10.2. The largest absolute Gasteiger partial charge is 0.449 e. The highest BCUT2D eigenvalue weighted by molar-refractivity contribution is 6.31. The first kappa shape index (κ1) is 20.6. The second-order valence-electron chi connectivity index (χ2n) is 7.06. The van der Waals surface area contributed by atoms with Crippen molar-refractivity contribution in [1.29, 1.82) is 0 Å². The van der Waals surface area contributed by atoms with Crippen LogP contribution in [0.25, 0.3) is 22.4 Å². The molecule has 2 N–H and O–H groups in total. The van der Waals surface area contributed by atoms with E-state index < -0.39 is 18.0 Å². The number of benzene rings is 2. The van der Waals surface area contributed by atoms with E-state index in [1.54, 1.807) is 48.8 Å². The summed E-state index contributed by atoms with van der Waals surface area (Å²) in [5, 5.41) is 3.24. The fourth-order valence-electron chi connectivity index (χ4n) is 2.97. The highest BCUT2D eigenvalue weighted by atomic mass is 35.5. The maximum atomic E-state index is 12.6. The van der Waals surface area contributed by atoms with Crippen LogP contribution in [0.4, 0.5) is 5.69 Å². The predicted octanol–water partition coefficient (Wildman–Crippen LogP) is 4.77. The highest BCUT2D eigenvalue weighted by Gasteiger charge is 2.20. The molecule has 0 spiro atoms. The van der Waals surface area contributed by atoms with Crippen LogP contribution in [0.5, 0.6) is 0 Å². The van der Waals surface area contributed by atoms with Crippen molar-refractivity contribution in [3.8, 4) is 11.4 Å². The molecule has 4 rings (SSSR count). The number of nitrogens with one attached hydrogen (secondary N) is 2. The lowest BCUT2D eigenvalue weighted by molar-refractivity contribution is -0.123. The van der Waals surface area contributed by atoms with Crippen molar-refractivity contribution in [2.75, 3.05) is 5.32 Å². The van der Waals surface area contributed by atoms with E-state index in [-0.39, 0.29) is 0 Å². The molecule has 156 valence electrons. The van der Waals surface area contributed by atoms with Crippen molar-refractivity contribution < 1.29 is 14.3 Å². The molecule has 4 aromatic rings. The lowest BCUT2D eigenvalue weighted by Crippen LogP contribution is -2.30. The Hall–Kier alpha value is -3.71.